The second-order valence-corrected chi connectivity index (χ2v) is 9.32. The minimum absolute atomic E-state index is 0.0163. The van der Waals surface area contributed by atoms with Crippen molar-refractivity contribution in [2.45, 2.75) is 57.7 Å². The molecule has 1 saturated heterocycles. The largest absolute Gasteiger partial charge is 0.465 e. The van der Waals surface area contributed by atoms with Gasteiger partial charge in [-0.05, 0) is 46.1 Å². The molecule has 2 heterocycles. The Balaban J connectivity index is 1.63. The molecule has 2 fully saturated rings. The summed E-state index contributed by atoms with van der Waals surface area (Å²) < 4.78 is 26.9. The maximum absolute atomic E-state index is 14.9. The summed E-state index contributed by atoms with van der Waals surface area (Å²) in [6.45, 7) is 6.82. The van der Waals surface area contributed by atoms with Crippen molar-refractivity contribution >= 4 is 28.7 Å². The van der Waals surface area contributed by atoms with Crippen LogP contribution in [0.15, 0.2) is 12.3 Å². The van der Waals surface area contributed by atoms with Crippen LogP contribution in [0.4, 0.5) is 14.9 Å². The Hall–Kier alpha value is -2.84. The molecule has 1 amide bonds. The third-order valence-electron chi connectivity index (χ3n) is 5.68. The lowest BCUT2D eigenvalue weighted by atomic mass is 10.1. The minimum Gasteiger partial charge on any atom is -0.465 e. The second-order valence-electron chi connectivity index (χ2n) is 9.32. The highest BCUT2D eigenvalue weighted by molar-refractivity contribution is 6.07. The van der Waals surface area contributed by atoms with Gasteiger partial charge in [-0.3, -0.25) is 4.68 Å². The van der Waals surface area contributed by atoms with Gasteiger partial charge in [0.15, 0.2) is 0 Å². The highest BCUT2D eigenvalue weighted by Crippen LogP contribution is 2.37. The molecule has 0 N–H and O–H groups in total. The Bertz CT molecular complexity index is 1020. The molecule has 0 bridgehead atoms. The van der Waals surface area contributed by atoms with E-state index in [1.807, 2.05) is 25.7 Å². The van der Waals surface area contributed by atoms with Crippen LogP contribution in [0.2, 0.25) is 0 Å². The molecule has 1 aromatic carbocycles. The average Bonchev–Trinajstić information content (AvgIpc) is 3.24. The fraction of sp³-hybridized carbons (Fsp3) is 0.591. The smallest absolute Gasteiger partial charge is 0.410 e. The molecule has 0 spiro atoms. The first kappa shape index (κ1) is 21.4. The summed E-state index contributed by atoms with van der Waals surface area (Å²) in [4.78, 5) is 28.9. The number of carbonyl (C=O) groups is 2. The highest BCUT2D eigenvalue weighted by Gasteiger charge is 2.42. The summed E-state index contributed by atoms with van der Waals surface area (Å²) in [6.07, 6.45) is 4.20. The number of benzene rings is 1. The monoisotopic (exact) mass is 432 g/mol. The van der Waals surface area contributed by atoms with Gasteiger partial charge in [0.05, 0.1) is 18.8 Å². The lowest BCUT2D eigenvalue weighted by Gasteiger charge is -2.32. The van der Waals surface area contributed by atoms with Crippen LogP contribution in [0.25, 0.3) is 10.9 Å². The number of carbonyl (C=O) groups excluding carboxylic acids is 2. The Morgan fingerprint density at radius 3 is 2.55 bits per heavy atom. The molecule has 1 aromatic heterocycles. The molecule has 0 radical (unpaired) electrons. The molecular formula is C22H29FN4O4. The summed E-state index contributed by atoms with van der Waals surface area (Å²) in [5.74, 6) is -1.42. The number of fused-ring (bicyclic) bond motifs is 1. The van der Waals surface area contributed by atoms with E-state index < -0.39 is 17.4 Å². The summed E-state index contributed by atoms with van der Waals surface area (Å²) in [6, 6.07) is 1.56. The van der Waals surface area contributed by atoms with Crippen LogP contribution < -0.4 is 4.90 Å². The van der Waals surface area contributed by atoms with E-state index >= 15 is 0 Å². The third-order valence-corrected chi connectivity index (χ3v) is 5.68. The molecule has 31 heavy (non-hydrogen) atoms. The Kier molecular flexibility index (Phi) is 5.31. The van der Waals surface area contributed by atoms with Crippen LogP contribution in [0.3, 0.4) is 0 Å². The fourth-order valence-electron chi connectivity index (χ4n) is 4.25. The number of esters is 1. The molecule has 9 heteroatoms. The summed E-state index contributed by atoms with van der Waals surface area (Å²) >= 11 is 0. The Labute approximate surface area is 180 Å². The number of rotatable bonds is 4. The van der Waals surface area contributed by atoms with Crippen molar-refractivity contribution in [3.8, 4) is 0 Å². The molecule has 4 rings (SSSR count). The molecule has 1 saturated carbocycles. The number of amides is 1. The number of ether oxygens (including phenoxy) is 2. The first-order chi connectivity index (χ1) is 14.6. The van der Waals surface area contributed by atoms with Crippen LogP contribution in [0.1, 0.15) is 50.4 Å². The number of nitrogens with zero attached hydrogens (tertiary/aromatic N) is 4. The van der Waals surface area contributed by atoms with Gasteiger partial charge >= 0.3 is 12.1 Å². The molecule has 1 atom stereocenters. The number of aryl methyl sites for hydroxylation is 1. The normalized spacial score (nSPS) is 19.0. The van der Waals surface area contributed by atoms with Crippen molar-refractivity contribution in [1.29, 1.82) is 0 Å². The van der Waals surface area contributed by atoms with Gasteiger partial charge in [-0.2, -0.15) is 5.10 Å². The van der Waals surface area contributed by atoms with Gasteiger partial charge in [-0.1, -0.05) is 0 Å². The van der Waals surface area contributed by atoms with Crippen LogP contribution in [-0.2, 0) is 16.5 Å². The molecule has 1 aliphatic carbocycles. The minimum atomic E-state index is -0.753. The lowest BCUT2D eigenvalue weighted by molar-refractivity contribution is 0.0158. The van der Waals surface area contributed by atoms with Gasteiger partial charge in [0.1, 0.15) is 22.5 Å². The van der Waals surface area contributed by atoms with Gasteiger partial charge < -0.3 is 19.3 Å². The van der Waals surface area contributed by atoms with Crippen LogP contribution in [-0.4, -0.2) is 64.6 Å². The van der Waals surface area contributed by atoms with Crippen molar-refractivity contribution in [2.75, 3.05) is 25.1 Å². The lowest BCUT2D eigenvalue weighted by Crippen LogP contribution is -2.46. The van der Waals surface area contributed by atoms with Crippen molar-refractivity contribution in [3.05, 3.63) is 23.6 Å². The first-order valence-corrected chi connectivity index (χ1v) is 10.6. The van der Waals surface area contributed by atoms with E-state index in [-0.39, 0.29) is 29.3 Å². The quantitative estimate of drug-likeness (QED) is 0.689. The molecule has 0 unspecified atom stereocenters. The standard InChI is InChI=1S/C22H29FN4O4/c1-22(2,3)31-21(29)27(13-6-7-13)14-8-9-26(11-14)17-10-16(23)18(20(28)30-5)19-15(17)12-25(4)24-19/h10,12-14H,6-9,11H2,1-5H3/t14-/m1/s1. The fourth-order valence-corrected chi connectivity index (χ4v) is 4.25. The van der Waals surface area contributed by atoms with Crippen LogP contribution in [0.5, 0.6) is 0 Å². The molecular weight excluding hydrogens is 403 g/mol. The molecule has 2 aliphatic rings. The average molecular weight is 432 g/mol. The SMILES string of the molecule is COC(=O)c1c(F)cc(N2CC[C@@H](N(C(=O)OC(C)(C)C)C3CC3)C2)c2cn(C)nc12. The van der Waals surface area contributed by atoms with Crippen LogP contribution in [0, 0.1) is 5.82 Å². The number of anilines is 1. The molecule has 8 nitrogen and oxygen atoms in total. The van der Waals surface area contributed by atoms with Gasteiger partial charge in [0.25, 0.3) is 0 Å². The number of methoxy groups -OCH3 is 1. The van der Waals surface area contributed by atoms with E-state index in [4.69, 9.17) is 9.47 Å². The number of hydrogen-bond acceptors (Lipinski definition) is 6. The Morgan fingerprint density at radius 2 is 1.94 bits per heavy atom. The zero-order valence-corrected chi connectivity index (χ0v) is 18.6. The van der Waals surface area contributed by atoms with E-state index in [1.54, 1.807) is 17.9 Å². The predicted octanol–water partition coefficient (Wildman–Crippen LogP) is 3.48. The zero-order valence-electron chi connectivity index (χ0n) is 18.6. The molecule has 168 valence electrons. The van der Waals surface area contributed by atoms with E-state index in [9.17, 15) is 14.0 Å². The summed E-state index contributed by atoms with van der Waals surface area (Å²) in [5, 5.41) is 4.98. The molecule has 1 aliphatic heterocycles. The molecule has 2 aromatic rings. The van der Waals surface area contributed by atoms with Crippen molar-refractivity contribution < 1.29 is 23.5 Å². The topological polar surface area (TPSA) is 76.9 Å². The second kappa shape index (κ2) is 7.69. The number of aromatic nitrogens is 2. The van der Waals surface area contributed by atoms with E-state index in [0.717, 1.165) is 19.3 Å². The zero-order chi connectivity index (χ0) is 22.5. The highest BCUT2D eigenvalue weighted by atomic mass is 19.1. The van der Waals surface area contributed by atoms with E-state index in [1.165, 1.54) is 13.2 Å². The van der Waals surface area contributed by atoms with Gasteiger partial charge in [-0.25, -0.2) is 14.0 Å². The van der Waals surface area contributed by atoms with Crippen LogP contribution >= 0.6 is 0 Å². The van der Waals surface area contributed by atoms with Crippen molar-refractivity contribution in [1.82, 2.24) is 14.7 Å². The maximum atomic E-state index is 14.9. The van der Waals surface area contributed by atoms with Gasteiger partial charge in [-0.15, -0.1) is 0 Å². The summed E-state index contributed by atoms with van der Waals surface area (Å²) in [5.41, 5.74) is 0.220. The third kappa shape index (κ3) is 4.18. The Morgan fingerprint density at radius 1 is 1.23 bits per heavy atom. The predicted molar refractivity (Wildman–Crippen MR) is 114 cm³/mol. The van der Waals surface area contributed by atoms with Crippen molar-refractivity contribution in [3.63, 3.8) is 0 Å². The first-order valence-electron chi connectivity index (χ1n) is 10.6. The summed E-state index contributed by atoms with van der Waals surface area (Å²) in [7, 11) is 2.95. The number of hydrogen-bond donors (Lipinski definition) is 0. The van der Waals surface area contributed by atoms with Gasteiger partial charge in [0.2, 0.25) is 0 Å². The van der Waals surface area contributed by atoms with E-state index in [2.05, 4.69) is 10.00 Å². The number of halogens is 1. The van der Waals surface area contributed by atoms with E-state index in [0.29, 0.717) is 24.2 Å². The maximum Gasteiger partial charge on any atom is 0.410 e. The van der Waals surface area contributed by atoms with Gasteiger partial charge in [0, 0.05) is 37.8 Å². The van der Waals surface area contributed by atoms with Crippen molar-refractivity contribution in [2.24, 2.45) is 7.05 Å².